The van der Waals surface area contributed by atoms with Gasteiger partial charge in [-0.1, -0.05) is 62.3 Å². The monoisotopic (exact) mass is 518 g/mol. The Labute approximate surface area is 210 Å². The topological polar surface area (TPSA) is 47.9 Å². The van der Waals surface area contributed by atoms with Gasteiger partial charge in [0.1, 0.15) is 0 Å². The maximum absolute atomic E-state index is 10.9. The van der Waals surface area contributed by atoms with Crippen LogP contribution in [0.5, 0.6) is 0 Å². The maximum Gasteiger partial charge on any atom is 0.192 e. The lowest BCUT2D eigenvalue weighted by molar-refractivity contribution is -0.0669. The molecule has 0 aromatic rings. The molecule has 4 atom stereocenters. The molecular weight excluding hydrogens is 461 g/mol. The maximum atomic E-state index is 10.9. The molecule has 0 bridgehead atoms. The van der Waals surface area contributed by atoms with E-state index >= 15 is 0 Å². The van der Waals surface area contributed by atoms with Crippen LogP contribution in [-0.2, 0) is 13.3 Å². The number of rotatable bonds is 8. The van der Waals surface area contributed by atoms with Gasteiger partial charge in [0.05, 0.1) is 18.3 Å². The standard InChI is InChI=1S/C26H58O4Si3/c1-24(2,3)31(10,11)28-17-16-21-22(29-32(12,13)25(4,5)6)18-20(27)19-23(21)30-33(14,15)26(7,8)9/h20-23,27H,16-19H2,1-15H3/t20?,21?,22-,23+. The van der Waals surface area contributed by atoms with Crippen molar-refractivity contribution in [1.29, 1.82) is 0 Å². The van der Waals surface area contributed by atoms with Crippen LogP contribution < -0.4 is 0 Å². The fourth-order valence-electron chi connectivity index (χ4n) is 3.64. The third kappa shape index (κ3) is 8.25. The summed E-state index contributed by atoms with van der Waals surface area (Å²) in [6.07, 6.45) is 2.01. The van der Waals surface area contributed by atoms with Crippen molar-refractivity contribution in [3.8, 4) is 0 Å². The van der Waals surface area contributed by atoms with Crippen molar-refractivity contribution in [2.45, 2.75) is 154 Å². The molecule has 0 aromatic carbocycles. The van der Waals surface area contributed by atoms with Crippen LogP contribution in [-0.4, -0.2) is 55.0 Å². The molecule has 7 heteroatoms. The first-order valence-corrected chi connectivity index (χ1v) is 21.8. The van der Waals surface area contributed by atoms with Crippen molar-refractivity contribution in [3.63, 3.8) is 0 Å². The molecule has 0 radical (unpaired) electrons. The van der Waals surface area contributed by atoms with Crippen molar-refractivity contribution >= 4 is 25.0 Å². The van der Waals surface area contributed by atoms with Crippen LogP contribution in [0.1, 0.15) is 81.6 Å². The molecule has 2 unspecified atom stereocenters. The van der Waals surface area contributed by atoms with Crippen LogP contribution in [0, 0.1) is 5.92 Å². The van der Waals surface area contributed by atoms with E-state index in [0.717, 1.165) is 13.0 Å². The van der Waals surface area contributed by atoms with E-state index < -0.39 is 25.0 Å². The molecule has 1 saturated carbocycles. The highest BCUT2D eigenvalue weighted by molar-refractivity contribution is 6.75. The second-order valence-corrected chi connectivity index (χ2v) is 29.3. The lowest BCUT2D eigenvalue weighted by Crippen LogP contribution is -2.55. The highest BCUT2D eigenvalue weighted by atomic mass is 28.4. The van der Waals surface area contributed by atoms with Gasteiger partial charge in [-0.15, -0.1) is 0 Å². The Kier molecular flexibility index (Phi) is 9.99. The van der Waals surface area contributed by atoms with Gasteiger partial charge in [0.2, 0.25) is 0 Å². The van der Waals surface area contributed by atoms with Crippen molar-refractivity contribution in [3.05, 3.63) is 0 Å². The summed E-state index contributed by atoms with van der Waals surface area (Å²) in [7, 11) is -5.78. The van der Waals surface area contributed by atoms with Gasteiger partial charge in [-0.25, -0.2) is 0 Å². The number of aliphatic hydroxyl groups is 1. The average Bonchev–Trinajstić information content (AvgIpc) is 2.53. The predicted molar refractivity (Wildman–Crippen MR) is 151 cm³/mol. The Hall–Kier alpha value is 0.491. The van der Waals surface area contributed by atoms with Gasteiger partial charge in [-0.3, -0.25) is 0 Å². The number of hydrogen-bond donors (Lipinski definition) is 1. The average molecular weight is 519 g/mol. The van der Waals surface area contributed by atoms with Gasteiger partial charge < -0.3 is 18.4 Å². The van der Waals surface area contributed by atoms with Crippen LogP contribution in [0.4, 0.5) is 0 Å². The Morgan fingerprint density at radius 2 is 0.970 bits per heavy atom. The molecule has 198 valence electrons. The normalized spacial score (nSPS) is 26.5. The van der Waals surface area contributed by atoms with Gasteiger partial charge in [0, 0.05) is 12.5 Å². The summed E-state index contributed by atoms with van der Waals surface area (Å²) < 4.78 is 20.6. The van der Waals surface area contributed by atoms with Crippen LogP contribution in [0.25, 0.3) is 0 Å². The molecule has 0 aromatic heterocycles. The van der Waals surface area contributed by atoms with Crippen molar-refractivity contribution in [2.75, 3.05) is 6.61 Å². The van der Waals surface area contributed by atoms with Crippen LogP contribution >= 0.6 is 0 Å². The Morgan fingerprint density at radius 3 is 1.27 bits per heavy atom. The second-order valence-electron chi connectivity index (χ2n) is 15.0. The minimum atomic E-state index is -1.98. The number of aliphatic hydroxyl groups excluding tert-OH is 1. The van der Waals surface area contributed by atoms with E-state index in [1.807, 2.05) is 0 Å². The molecular formula is C26H58O4Si3. The zero-order chi connectivity index (χ0) is 26.3. The van der Waals surface area contributed by atoms with Gasteiger partial charge in [0.15, 0.2) is 25.0 Å². The third-order valence-electron chi connectivity index (χ3n) is 9.19. The summed E-state index contributed by atoms with van der Waals surface area (Å²) in [6, 6.07) is 0. The summed E-state index contributed by atoms with van der Waals surface area (Å²) in [4.78, 5) is 0. The largest absolute Gasteiger partial charge is 0.417 e. The summed E-state index contributed by atoms with van der Waals surface area (Å²) in [5, 5.41) is 11.3. The molecule has 0 spiro atoms. The first kappa shape index (κ1) is 31.5. The molecule has 1 fully saturated rings. The SMILES string of the molecule is CC(C)(C)[Si](C)(C)OCCC1[C@@H](O[Si](C)(C)C(C)(C)C)CC(O)C[C@H]1O[Si](C)(C)C(C)(C)C. The van der Waals surface area contributed by atoms with Crippen LogP contribution in [0.2, 0.25) is 54.4 Å². The van der Waals surface area contributed by atoms with Gasteiger partial charge in [-0.2, -0.15) is 0 Å². The highest BCUT2D eigenvalue weighted by Crippen LogP contribution is 2.45. The number of hydrogen-bond acceptors (Lipinski definition) is 4. The van der Waals surface area contributed by atoms with E-state index in [9.17, 15) is 5.11 Å². The lowest BCUT2D eigenvalue weighted by atomic mass is 9.81. The molecule has 0 saturated heterocycles. The molecule has 1 aliphatic carbocycles. The highest BCUT2D eigenvalue weighted by Gasteiger charge is 2.48. The molecule has 0 heterocycles. The third-order valence-corrected chi connectivity index (χ3v) is 22.7. The molecule has 33 heavy (non-hydrogen) atoms. The molecule has 4 nitrogen and oxygen atoms in total. The summed E-state index contributed by atoms with van der Waals surface area (Å²) >= 11 is 0. The minimum absolute atomic E-state index is 0.0208. The Bertz CT molecular complexity index is 589. The molecule has 0 amide bonds. The second kappa shape index (κ2) is 10.5. The molecule has 1 aliphatic rings. The van der Waals surface area contributed by atoms with Gasteiger partial charge in [-0.05, 0) is 73.7 Å². The van der Waals surface area contributed by atoms with E-state index in [0.29, 0.717) is 12.8 Å². The smallest absolute Gasteiger partial charge is 0.192 e. The zero-order valence-corrected chi connectivity index (χ0v) is 27.8. The van der Waals surface area contributed by atoms with Gasteiger partial charge >= 0.3 is 0 Å². The van der Waals surface area contributed by atoms with Crippen molar-refractivity contribution in [1.82, 2.24) is 0 Å². The summed E-state index contributed by atoms with van der Waals surface area (Å²) in [5.41, 5.74) is 0. The Morgan fingerprint density at radius 1 is 0.636 bits per heavy atom. The van der Waals surface area contributed by atoms with Crippen molar-refractivity contribution in [2.24, 2.45) is 5.92 Å². The zero-order valence-electron chi connectivity index (χ0n) is 24.8. The van der Waals surface area contributed by atoms with Crippen LogP contribution in [0.3, 0.4) is 0 Å². The molecule has 1 N–H and O–H groups in total. The van der Waals surface area contributed by atoms with Gasteiger partial charge in [0.25, 0.3) is 0 Å². The fourth-order valence-corrected chi connectivity index (χ4v) is 7.47. The quantitative estimate of drug-likeness (QED) is 0.331. The van der Waals surface area contributed by atoms with E-state index in [-0.39, 0.29) is 39.3 Å². The first-order chi connectivity index (χ1) is 14.4. The molecule has 1 rings (SSSR count). The minimum Gasteiger partial charge on any atom is -0.417 e. The predicted octanol–water partition coefficient (Wildman–Crippen LogP) is 7.95. The fraction of sp³-hybridized carbons (Fsp3) is 1.00. The van der Waals surface area contributed by atoms with E-state index in [1.165, 1.54) is 0 Å². The van der Waals surface area contributed by atoms with E-state index in [1.54, 1.807) is 0 Å². The lowest BCUT2D eigenvalue weighted by Gasteiger charge is -2.49. The first-order valence-electron chi connectivity index (χ1n) is 13.1. The van der Waals surface area contributed by atoms with E-state index in [2.05, 4.69) is 102 Å². The summed E-state index contributed by atoms with van der Waals surface area (Å²) in [6.45, 7) is 35.3. The Balaban J connectivity index is 3.21. The molecule has 0 aliphatic heterocycles. The van der Waals surface area contributed by atoms with Crippen molar-refractivity contribution < 1.29 is 18.4 Å². The summed E-state index contributed by atoms with van der Waals surface area (Å²) in [5.74, 6) is 0.251. The van der Waals surface area contributed by atoms with E-state index in [4.69, 9.17) is 13.3 Å². The van der Waals surface area contributed by atoms with Crippen LogP contribution in [0.15, 0.2) is 0 Å².